The highest BCUT2D eigenvalue weighted by molar-refractivity contribution is 7.08. The number of hydrogen-bond acceptors (Lipinski definition) is 12. The van der Waals surface area contributed by atoms with Gasteiger partial charge in [0, 0.05) is 79.4 Å². The van der Waals surface area contributed by atoms with Gasteiger partial charge in [-0.1, -0.05) is 60.7 Å². The van der Waals surface area contributed by atoms with Gasteiger partial charge < -0.3 is 60.5 Å². The third-order valence-electron chi connectivity index (χ3n) is 17.5. The molecule has 24 heteroatoms. The number of nitrogens with one attached hydrogen (secondary N) is 4. The fourth-order valence-corrected chi connectivity index (χ4v) is 14.3. The Bertz CT molecular complexity index is 4180. The molecule has 0 bridgehead atoms. The molecular weight excluding hydrogens is 1250 g/mol. The predicted octanol–water partition coefficient (Wildman–Crippen LogP) is 9.35. The van der Waals surface area contributed by atoms with Crippen LogP contribution in [0.15, 0.2) is 131 Å². The zero-order chi connectivity index (χ0) is 67.3. The summed E-state index contributed by atoms with van der Waals surface area (Å²) in [5, 5.41) is 20.8. The summed E-state index contributed by atoms with van der Waals surface area (Å²) in [5.74, 6) is -2.22. The number of ether oxygens (including phenoxy) is 1. The molecule has 0 saturated carbocycles. The molecule has 498 valence electrons. The lowest BCUT2D eigenvalue weighted by Crippen LogP contribution is -2.61. The summed E-state index contributed by atoms with van der Waals surface area (Å²) in [6.07, 6.45) is 5.99. The number of benzene rings is 4. The molecule has 4 aromatic heterocycles. The van der Waals surface area contributed by atoms with Crippen LogP contribution in [0.3, 0.4) is 0 Å². The van der Waals surface area contributed by atoms with E-state index in [-0.39, 0.29) is 62.5 Å². The highest BCUT2D eigenvalue weighted by Gasteiger charge is 2.42. The number of carbonyl (C=O) groups is 8. The number of hydrogen-bond donors (Lipinski definition) is 5. The Morgan fingerprint density at radius 1 is 0.621 bits per heavy atom. The lowest BCUT2D eigenvalue weighted by atomic mass is 9.94. The fourth-order valence-electron chi connectivity index (χ4n) is 13.0. The number of anilines is 4. The molecule has 8 amide bonds. The van der Waals surface area contributed by atoms with Crippen molar-refractivity contribution in [3.8, 4) is 0 Å². The third kappa shape index (κ3) is 15.0. The van der Waals surface area contributed by atoms with Crippen LogP contribution in [0.5, 0.6) is 0 Å². The fraction of sp³-hybridized carbons (Fsp3) is 0.380. The largest absolute Gasteiger partial charge is 0.444 e. The van der Waals surface area contributed by atoms with Crippen molar-refractivity contribution in [2.24, 2.45) is 5.73 Å². The van der Waals surface area contributed by atoms with Gasteiger partial charge in [0.25, 0.3) is 0 Å². The maximum atomic E-state index is 14.5. The van der Waals surface area contributed by atoms with Gasteiger partial charge >= 0.3 is 6.09 Å². The van der Waals surface area contributed by atoms with Crippen LogP contribution >= 0.6 is 22.7 Å². The van der Waals surface area contributed by atoms with E-state index in [4.69, 9.17) is 10.5 Å². The van der Waals surface area contributed by atoms with Gasteiger partial charge in [0.05, 0.1) is 55.0 Å². The molecule has 8 heterocycles. The van der Waals surface area contributed by atoms with E-state index in [1.54, 1.807) is 62.5 Å². The first-order valence-electron chi connectivity index (χ1n) is 32.0. The summed E-state index contributed by atoms with van der Waals surface area (Å²) in [6, 6.07) is 26.5. The monoisotopic (exact) mass is 1330 g/mol. The normalized spacial score (nSPS) is 17.1. The molecular formula is C71H79F2N11O9S2. The number of carbonyl (C=O) groups excluding carboxylic acids is 8. The second-order valence-corrected chi connectivity index (χ2v) is 27.5. The Kier molecular flexibility index (Phi) is 20.3. The molecule has 4 aromatic carbocycles. The smallest absolute Gasteiger partial charge is 0.408 e. The number of nitrogens with two attached hydrogens (primary N) is 1. The first kappa shape index (κ1) is 67.2. The number of alkyl halides is 2. The SMILES string of the molecule is CC(C)(C)OC(=O)NC(C)(C)C(=O)N[C@H](Cc1cn(CCF)c2ccccc12)C(=O)NC1Cc2cccc(N3CCCC3=O)c2N(Cc2ccsc2)C1=O.N[C@H](Cc1cn(CCF)c2ccccc12)C(=O)NC1Cc2cccc(N3CCCC3=O)c2N(Cc2ccsc2)C1=O. The van der Waals surface area contributed by atoms with Crippen LogP contribution in [0.2, 0.25) is 0 Å². The van der Waals surface area contributed by atoms with Gasteiger partial charge in [-0.05, 0) is 145 Å². The van der Waals surface area contributed by atoms with E-state index in [9.17, 15) is 47.1 Å². The predicted molar refractivity (Wildman–Crippen MR) is 365 cm³/mol. The van der Waals surface area contributed by atoms with Gasteiger partial charge in [-0.3, -0.25) is 33.6 Å². The number of rotatable bonds is 21. The van der Waals surface area contributed by atoms with Crippen molar-refractivity contribution < 1.29 is 51.9 Å². The highest BCUT2D eigenvalue weighted by Crippen LogP contribution is 2.42. The van der Waals surface area contributed by atoms with Gasteiger partial charge in [0.2, 0.25) is 41.4 Å². The maximum Gasteiger partial charge on any atom is 0.408 e. The first-order chi connectivity index (χ1) is 45.6. The molecule has 6 N–H and O–H groups in total. The molecule has 0 spiro atoms. The molecule has 20 nitrogen and oxygen atoms in total. The van der Waals surface area contributed by atoms with Crippen LogP contribution < -0.4 is 46.6 Å². The number of para-hydroxylation sites is 4. The summed E-state index contributed by atoms with van der Waals surface area (Å²) < 4.78 is 35.7. The molecule has 4 aliphatic rings. The van der Waals surface area contributed by atoms with Crippen molar-refractivity contribution in [2.75, 3.05) is 46.0 Å². The molecule has 0 aliphatic carbocycles. The van der Waals surface area contributed by atoms with Crippen LogP contribution in [0.1, 0.15) is 93.7 Å². The van der Waals surface area contributed by atoms with Crippen LogP contribution in [0, 0.1) is 0 Å². The zero-order valence-electron chi connectivity index (χ0n) is 53.8. The Balaban J connectivity index is 0.000000200. The van der Waals surface area contributed by atoms with E-state index in [0.29, 0.717) is 55.8 Å². The Hall–Kier alpha value is -9.26. The van der Waals surface area contributed by atoms with Gasteiger partial charge in [-0.15, -0.1) is 0 Å². The quantitative estimate of drug-likeness (QED) is 0.0456. The number of alkyl carbamates (subject to hydrolysis) is 1. The van der Waals surface area contributed by atoms with E-state index >= 15 is 0 Å². The van der Waals surface area contributed by atoms with Gasteiger partial charge in [-0.25, -0.2) is 13.6 Å². The van der Waals surface area contributed by atoms with Crippen LogP contribution in [0.25, 0.3) is 21.8 Å². The molecule has 2 fully saturated rings. The Morgan fingerprint density at radius 2 is 1.09 bits per heavy atom. The average molecular weight is 1330 g/mol. The summed E-state index contributed by atoms with van der Waals surface area (Å²) in [6.45, 7) is 9.11. The Morgan fingerprint density at radius 3 is 1.54 bits per heavy atom. The number of aromatic nitrogens is 2. The molecule has 4 atom stereocenters. The molecule has 2 saturated heterocycles. The van der Waals surface area contributed by atoms with Crippen molar-refractivity contribution in [3.05, 3.63) is 164 Å². The summed E-state index contributed by atoms with van der Waals surface area (Å²) in [5.41, 5.74) is 13.7. The summed E-state index contributed by atoms with van der Waals surface area (Å²) in [4.78, 5) is 115. The van der Waals surface area contributed by atoms with E-state index in [1.165, 1.54) is 25.2 Å². The number of nitrogens with zero attached hydrogens (tertiary/aromatic N) is 6. The van der Waals surface area contributed by atoms with Crippen molar-refractivity contribution in [1.29, 1.82) is 0 Å². The van der Waals surface area contributed by atoms with E-state index in [1.807, 2.05) is 129 Å². The van der Waals surface area contributed by atoms with E-state index < -0.39 is 72.5 Å². The van der Waals surface area contributed by atoms with Crippen molar-refractivity contribution >= 4 is 115 Å². The van der Waals surface area contributed by atoms with Gasteiger partial charge in [0.15, 0.2) is 0 Å². The van der Waals surface area contributed by atoms with Crippen LogP contribution in [-0.2, 0) is 90.2 Å². The number of fused-ring (bicyclic) bond motifs is 4. The van der Waals surface area contributed by atoms with Crippen LogP contribution in [-0.4, -0.2) is 118 Å². The molecule has 0 radical (unpaired) electrons. The Labute approximate surface area is 557 Å². The number of halogens is 2. The number of aryl methyl sites for hydroxylation is 2. The van der Waals surface area contributed by atoms with Gasteiger partial charge in [-0.2, -0.15) is 22.7 Å². The minimum absolute atomic E-state index is 0.00250. The minimum Gasteiger partial charge on any atom is -0.444 e. The number of thiophene rings is 2. The van der Waals surface area contributed by atoms with Crippen molar-refractivity contribution in [3.63, 3.8) is 0 Å². The lowest BCUT2D eigenvalue weighted by Gasteiger charge is -2.37. The second-order valence-electron chi connectivity index (χ2n) is 25.9. The van der Waals surface area contributed by atoms with Crippen molar-refractivity contribution in [1.82, 2.24) is 30.4 Å². The maximum absolute atomic E-state index is 14.5. The van der Waals surface area contributed by atoms with Crippen molar-refractivity contribution in [2.45, 2.75) is 147 Å². The molecule has 12 rings (SSSR count). The van der Waals surface area contributed by atoms with Crippen LogP contribution in [0.4, 0.5) is 36.3 Å². The molecule has 2 unspecified atom stereocenters. The van der Waals surface area contributed by atoms with E-state index in [2.05, 4.69) is 21.3 Å². The third-order valence-corrected chi connectivity index (χ3v) is 19.0. The first-order valence-corrected chi connectivity index (χ1v) is 33.9. The zero-order valence-corrected chi connectivity index (χ0v) is 55.5. The average Bonchev–Trinajstić information content (AvgIpc) is 0.980. The standard InChI is InChI=1S/C40H47FN6O6S.C31H32FN5O3S/c1-39(2,3)53-38(52)44-40(4,5)37(51)43-29(21-27-23-45(18-16-41)31-12-7-6-11-28(27)31)35(49)42-30-20-26-10-8-13-32(46-17-9-14-33(46)48)34(26)47(36(30)50)22-25-15-19-54-24-25;32-11-13-35-18-22(23-6-1-2-7-26(23)35)15-24(33)30(39)34-25-16-21-5-3-8-27(36-12-4-9-28(36)38)29(21)37(31(25)40)17-20-10-14-41-19-20/h6-8,10-13,15,19,23-24,29-30H,9,14,16-18,20-22H2,1-5H3,(H,42,49)(H,43,51)(H,44,52);1-3,5-8,10,14,18-19,24-25H,4,9,11-13,15-17,33H2,(H,34,39)/t29-,30?;24-,25?/m11/s1. The summed E-state index contributed by atoms with van der Waals surface area (Å²) in [7, 11) is 0. The second kappa shape index (κ2) is 28.8. The van der Waals surface area contributed by atoms with E-state index in [0.717, 1.165) is 73.8 Å². The summed E-state index contributed by atoms with van der Waals surface area (Å²) >= 11 is 3.06. The minimum atomic E-state index is -1.50. The topological polar surface area (TPSA) is 243 Å². The van der Waals surface area contributed by atoms with Gasteiger partial charge in [0.1, 0.15) is 42.6 Å². The molecule has 95 heavy (non-hydrogen) atoms. The highest BCUT2D eigenvalue weighted by atomic mass is 32.1. The number of amides is 8. The molecule has 4 aliphatic heterocycles. The lowest BCUT2D eigenvalue weighted by molar-refractivity contribution is -0.133. The molecule has 8 aromatic rings.